The third-order valence-electron chi connectivity index (χ3n) is 11.5. The van der Waals surface area contributed by atoms with Crippen LogP contribution in [-0.4, -0.2) is 38.6 Å². The molecule has 0 radical (unpaired) electrons. The molecule has 6 heteroatoms. The van der Waals surface area contributed by atoms with Gasteiger partial charge in [0, 0.05) is 13.8 Å². The largest absolute Gasteiger partial charge is 0.458 e. The van der Waals surface area contributed by atoms with Crippen LogP contribution in [0, 0.1) is 17.3 Å². The summed E-state index contributed by atoms with van der Waals surface area (Å²) in [5.41, 5.74) is 4.39. The Hall–Kier alpha value is -3.22. The number of ether oxygens (including phenoxy) is 2. The number of hydrogen-bond donors (Lipinski definition) is 0. The minimum Gasteiger partial charge on any atom is -0.458 e. The number of carbonyl (C=O) groups excluding carboxylic acids is 2. The Morgan fingerprint density at radius 2 is 1.39 bits per heavy atom. The molecule has 264 valence electrons. The first-order valence-corrected chi connectivity index (χ1v) is 20.3. The minimum absolute atomic E-state index is 0.137. The van der Waals surface area contributed by atoms with E-state index in [9.17, 15) is 9.59 Å². The summed E-state index contributed by atoms with van der Waals surface area (Å²) < 4.78 is 20.3. The highest BCUT2D eigenvalue weighted by molar-refractivity contribution is 6.99. The highest BCUT2D eigenvalue weighted by atomic mass is 28.4. The summed E-state index contributed by atoms with van der Waals surface area (Å²) in [5.74, 6) is -0.213. The van der Waals surface area contributed by atoms with Crippen molar-refractivity contribution >= 4 is 30.6 Å². The highest BCUT2D eigenvalue weighted by Crippen LogP contribution is 2.52. The number of esters is 2. The standard InChI is InChI=1S/C43H58O5Si/c1-29-24-25-37-39(48-49(42(5,6)7,35-20-12-10-13-21-35)36-22-14-11-15-23-36)28-34-19-17-16-18-33(34)27-38(46-31(3)44)30(2)26-40(47-32(4)45)41(29)43(37,8)9/h10-15,20-23,26,28,33,37-40H,16-19,24-25,27H2,1-9H3/b30-26-,34-28-/t33?,37-,38-,39?,40-/m0/s1. The van der Waals surface area contributed by atoms with Gasteiger partial charge in [0.05, 0.1) is 6.10 Å². The lowest BCUT2D eigenvalue weighted by Gasteiger charge is -2.51. The van der Waals surface area contributed by atoms with Gasteiger partial charge in [-0.3, -0.25) is 9.59 Å². The number of rotatable bonds is 6. The zero-order chi connectivity index (χ0) is 35.6. The molecule has 0 spiro atoms. The van der Waals surface area contributed by atoms with Crippen molar-refractivity contribution in [3.8, 4) is 0 Å². The molecule has 2 aromatic rings. The molecule has 0 amide bonds. The fraction of sp³-hybridized carbons (Fsp3) is 0.535. The Morgan fingerprint density at radius 1 is 0.796 bits per heavy atom. The van der Waals surface area contributed by atoms with Crippen LogP contribution in [0.5, 0.6) is 0 Å². The van der Waals surface area contributed by atoms with E-state index in [1.165, 1.54) is 35.4 Å². The fourth-order valence-electron chi connectivity index (χ4n) is 9.23. The summed E-state index contributed by atoms with van der Waals surface area (Å²) >= 11 is 0. The molecule has 0 heterocycles. The van der Waals surface area contributed by atoms with Crippen molar-refractivity contribution in [2.75, 3.05) is 0 Å². The van der Waals surface area contributed by atoms with E-state index in [0.29, 0.717) is 6.42 Å². The molecule has 5 atom stereocenters. The van der Waals surface area contributed by atoms with Gasteiger partial charge in [0.2, 0.25) is 0 Å². The average molecular weight is 683 g/mol. The van der Waals surface area contributed by atoms with Crippen molar-refractivity contribution in [2.45, 2.75) is 131 Å². The monoisotopic (exact) mass is 682 g/mol. The van der Waals surface area contributed by atoms with Crippen LogP contribution in [0.1, 0.15) is 107 Å². The summed E-state index contributed by atoms with van der Waals surface area (Å²) in [7, 11) is -2.94. The van der Waals surface area contributed by atoms with Gasteiger partial charge in [0.1, 0.15) is 12.2 Å². The van der Waals surface area contributed by atoms with E-state index in [1.54, 1.807) is 0 Å². The smallest absolute Gasteiger partial charge is 0.303 e. The van der Waals surface area contributed by atoms with Gasteiger partial charge in [-0.25, -0.2) is 0 Å². The fourth-order valence-corrected chi connectivity index (χ4v) is 13.9. The molecule has 2 bridgehead atoms. The predicted octanol–water partition coefficient (Wildman–Crippen LogP) is 9.01. The van der Waals surface area contributed by atoms with Gasteiger partial charge >= 0.3 is 11.9 Å². The Morgan fingerprint density at radius 3 is 1.94 bits per heavy atom. The molecule has 1 fully saturated rings. The van der Waals surface area contributed by atoms with Gasteiger partial charge in [-0.05, 0) is 102 Å². The van der Waals surface area contributed by atoms with Crippen molar-refractivity contribution < 1.29 is 23.5 Å². The second-order valence-electron chi connectivity index (χ2n) is 16.3. The van der Waals surface area contributed by atoms with Gasteiger partial charge in [-0.2, -0.15) is 0 Å². The summed E-state index contributed by atoms with van der Waals surface area (Å²) in [6.45, 7) is 18.9. The molecule has 0 aliphatic heterocycles. The van der Waals surface area contributed by atoms with Gasteiger partial charge < -0.3 is 13.9 Å². The molecule has 5 rings (SSSR count). The van der Waals surface area contributed by atoms with E-state index in [0.717, 1.165) is 49.7 Å². The van der Waals surface area contributed by atoms with Crippen molar-refractivity contribution in [2.24, 2.45) is 17.3 Å². The molecule has 2 aromatic carbocycles. The van der Waals surface area contributed by atoms with E-state index in [1.807, 2.05) is 6.92 Å². The van der Waals surface area contributed by atoms with E-state index in [-0.39, 0.29) is 40.3 Å². The van der Waals surface area contributed by atoms with Crippen LogP contribution in [0.15, 0.2) is 95.1 Å². The van der Waals surface area contributed by atoms with E-state index in [2.05, 4.69) is 114 Å². The van der Waals surface area contributed by atoms with Gasteiger partial charge in [-0.1, -0.05) is 119 Å². The molecule has 0 saturated heterocycles. The zero-order valence-electron chi connectivity index (χ0n) is 31.3. The Balaban J connectivity index is 1.79. The molecule has 3 aliphatic carbocycles. The molecular formula is C43H58O5Si. The molecule has 0 N–H and O–H groups in total. The highest BCUT2D eigenvalue weighted by Gasteiger charge is 2.54. The van der Waals surface area contributed by atoms with Crippen molar-refractivity contribution in [1.82, 2.24) is 0 Å². The lowest BCUT2D eigenvalue weighted by atomic mass is 9.61. The molecule has 5 nitrogen and oxygen atoms in total. The zero-order valence-corrected chi connectivity index (χ0v) is 32.3. The predicted molar refractivity (Wildman–Crippen MR) is 201 cm³/mol. The van der Waals surface area contributed by atoms with Crippen molar-refractivity contribution in [3.05, 3.63) is 95.1 Å². The lowest BCUT2D eigenvalue weighted by molar-refractivity contribution is -0.146. The van der Waals surface area contributed by atoms with E-state index in [4.69, 9.17) is 13.9 Å². The van der Waals surface area contributed by atoms with Crippen LogP contribution in [0.3, 0.4) is 0 Å². The summed E-state index contributed by atoms with van der Waals surface area (Å²) in [5, 5.41) is 2.35. The van der Waals surface area contributed by atoms with Crippen LogP contribution >= 0.6 is 0 Å². The second-order valence-corrected chi connectivity index (χ2v) is 20.5. The first-order chi connectivity index (χ1) is 23.1. The molecule has 2 unspecified atom stereocenters. The summed E-state index contributed by atoms with van der Waals surface area (Å²) in [6.07, 6.45) is 10.4. The molecule has 0 aromatic heterocycles. The first-order valence-electron chi connectivity index (χ1n) is 18.4. The quantitative estimate of drug-likeness (QED) is 0.173. The summed E-state index contributed by atoms with van der Waals surface area (Å²) in [6, 6.07) is 21.9. The molecule has 49 heavy (non-hydrogen) atoms. The van der Waals surface area contributed by atoms with Crippen LogP contribution in [0.25, 0.3) is 0 Å². The van der Waals surface area contributed by atoms with Crippen LogP contribution in [-0.2, 0) is 23.5 Å². The first kappa shape index (κ1) is 37.0. The van der Waals surface area contributed by atoms with Crippen molar-refractivity contribution in [1.29, 1.82) is 0 Å². The third-order valence-corrected chi connectivity index (χ3v) is 16.5. The van der Waals surface area contributed by atoms with Gasteiger partial charge in [0.15, 0.2) is 0 Å². The Kier molecular flexibility index (Phi) is 11.3. The minimum atomic E-state index is -2.94. The molecule has 3 aliphatic rings. The Labute approximate surface area is 296 Å². The maximum atomic E-state index is 12.7. The van der Waals surface area contributed by atoms with Crippen LogP contribution < -0.4 is 10.4 Å². The molecular weight excluding hydrogens is 625 g/mol. The van der Waals surface area contributed by atoms with Crippen LogP contribution in [0.4, 0.5) is 0 Å². The molecule has 1 saturated carbocycles. The van der Waals surface area contributed by atoms with Gasteiger partial charge in [0.25, 0.3) is 8.32 Å². The second kappa shape index (κ2) is 14.9. The Bertz CT molecular complexity index is 1540. The number of carbonyl (C=O) groups is 2. The normalized spacial score (nSPS) is 28.4. The summed E-state index contributed by atoms with van der Waals surface area (Å²) in [4.78, 5) is 25.2. The lowest BCUT2D eigenvalue weighted by Crippen LogP contribution is -2.68. The maximum absolute atomic E-state index is 12.7. The number of fused-ring (bicyclic) bond motifs is 3. The third kappa shape index (κ3) is 7.76. The number of hydrogen-bond acceptors (Lipinski definition) is 5. The average Bonchev–Trinajstić information content (AvgIpc) is 3.02. The number of benzene rings is 2. The SMILES string of the molecule is CC(=O)O[C@H]1/C=C(/C)[C@@H](OC(C)=O)CC2CCCC/C2=C/C(O[Si](c2ccccc2)(c2ccccc2)C(C)(C)C)[C@@H]2CCC(C)=C1C2(C)C. The number of allylic oxidation sites excluding steroid dienone is 2. The topological polar surface area (TPSA) is 61.8 Å². The van der Waals surface area contributed by atoms with Crippen molar-refractivity contribution in [3.63, 3.8) is 0 Å². The maximum Gasteiger partial charge on any atom is 0.303 e. The van der Waals surface area contributed by atoms with Gasteiger partial charge in [-0.15, -0.1) is 0 Å². The van der Waals surface area contributed by atoms with E-state index >= 15 is 0 Å². The van der Waals surface area contributed by atoms with E-state index < -0.39 is 20.5 Å². The van der Waals surface area contributed by atoms with Crippen LogP contribution in [0.2, 0.25) is 5.04 Å².